The predicted molar refractivity (Wildman–Crippen MR) is 122 cm³/mol. The molecule has 1 fully saturated rings. The van der Waals surface area contributed by atoms with Crippen LogP contribution in [0.4, 0.5) is 0 Å². The second kappa shape index (κ2) is 8.60. The van der Waals surface area contributed by atoms with Crippen molar-refractivity contribution in [3.05, 3.63) is 68.8 Å². The Morgan fingerprint density at radius 2 is 1.67 bits per heavy atom. The molecule has 30 heavy (non-hydrogen) atoms. The number of halogens is 3. The molecule has 4 rings (SSSR count). The van der Waals surface area contributed by atoms with Crippen LogP contribution >= 0.6 is 34.8 Å². The molecule has 0 atom stereocenters. The minimum atomic E-state index is -0.0987. The molecule has 5 nitrogen and oxygen atoms in total. The maximum Gasteiger partial charge on any atom is 0.274 e. The van der Waals surface area contributed by atoms with Gasteiger partial charge in [0, 0.05) is 40.3 Å². The molecule has 0 unspecified atom stereocenters. The molecule has 1 aliphatic heterocycles. The number of amides is 1. The van der Waals surface area contributed by atoms with Gasteiger partial charge in [0.15, 0.2) is 5.69 Å². The minimum absolute atomic E-state index is 0.0987. The van der Waals surface area contributed by atoms with E-state index in [0.29, 0.717) is 39.5 Å². The summed E-state index contributed by atoms with van der Waals surface area (Å²) >= 11 is 18.6. The van der Waals surface area contributed by atoms with Crippen LogP contribution in [0.15, 0.2) is 42.5 Å². The highest BCUT2D eigenvalue weighted by Gasteiger charge is 2.28. The molecule has 0 spiro atoms. The molecule has 3 aromatic rings. The topological polar surface area (TPSA) is 64.2 Å². The van der Waals surface area contributed by atoms with E-state index in [1.165, 1.54) is 0 Å². The van der Waals surface area contributed by atoms with E-state index in [-0.39, 0.29) is 11.9 Å². The normalized spacial score (nSPS) is 14.9. The molecular formula is C22H21Cl3N4O. The Hall–Kier alpha value is -2.05. The number of benzene rings is 2. The molecule has 2 heterocycles. The van der Waals surface area contributed by atoms with Crippen LogP contribution in [-0.4, -0.2) is 39.7 Å². The van der Waals surface area contributed by atoms with Gasteiger partial charge in [-0.25, -0.2) is 4.68 Å². The number of hydrogen-bond acceptors (Lipinski definition) is 3. The molecule has 1 saturated heterocycles. The fourth-order valence-corrected chi connectivity index (χ4v) is 4.34. The molecule has 0 radical (unpaired) electrons. The average Bonchev–Trinajstić information content (AvgIpc) is 3.05. The van der Waals surface area contributed by atoms with Crippen LogP contribution in [-0.2, 0) is 0 Å². The number of aromatic nitrogens is 2. The summed E-state index contributed by atoms with van der Waals surface area (Å²) in [6.07, 6.45) is 1.58. The number of hydrogen-bond donors (Lipinski definition) is 1. The minimum Gasteiger partial charge on any atom is -0.337 e. The molecular weight excluding hydrogens is 443 g/mol. The van der Waals surface area contributed by atoms with Crippen LogP contribution in [0.5, 0.6) is 0 Å². The third kappa shape index (κ3) is 4.08. The van der Waals surface area contributed by atoms with Crippen LogP contribution in [0, 0.1) is 6.92 Å². The monoisotopic (exact) mass is 462 g/mol. The van der Waals surface area contributed by atoms with Gasteiger partial charge in [-0.1, -0.05) is 46.9 Å². The zero-order chi connectivity index (χ0) is 21.4. The van der Waals surface area contributed by atoms with Gasteiger partial charge >= 0.3 is 0 Å². The molecule has 1 amide bonds. The van der Waals surface area contributed by atoms with E-state index in [9.17, 15) is 4.79 Å². The molecule has 0 saturated carbocycles. The largest absolute Gasteiger partial charge is 0.337 e. The number of likely N-dealkylation sites (tertiary alicyclic amines) is 1. The number of rotatable bonds is 3. The predicted octanol–water partition coefficient (Wildman–Crippen LogP) is 5.37. The first-order valence-corrected chi connectivity index (χ1v) is 10.8. The van der Waals surface area contributed by atoms with Crippen molar-refractivity contribution < 1.29 is 4.79 Å². The van der Waals surface area contributed by atoms with E-state index < -0.39 is 0 Å². The first-order valence-electron chi connectivity index (χ1n) is 9.71. The van der Waals surface area contributed by atoms with Gasteiger partial charge in [-0.15, -0.1) is 0 Å². The summed E-state index contributed by atoms with van der Waals surface area (Å²) in [4.78, 5) is 15.1. The molecule has 1 aliphatic rings. The van der Waals surface area contributed by atoms with Crippen molar-refractivity contribution in [2.45, 2.75) is 25.8 Å². The third-order valence-electron chi connectivity index (χ3n) is 5.41. The van der Waals surface area contributed by atoms with Gasteiger partial charge in [-0.3, -0.25) is 4.79 Å². The standard InChI is InChI=1S/C22H21Cl3N4O/c1-13-20(22(30)28-10-8-17(26)9-11-28)27-29(19-7-6-16(24)12-18(19)25)21(13)14-2-4-15(23)5-3-14/h2-7,12,17H,8-11,26H2,1H3. The summed E-state index contributed by atoms with van der Waals surface area (Å²) in [6, 6.07) is 12.8. The summed E-state index contributed by atoms with van der Waals surface area (Å²) in [6.45, 7) is 3.16. The fraction of sp³-hybridized carbons (Fsp3) is 0.273. The molecule has 0 aliphatic carbocycles. The molecule has 2 N–H and O–H groups in total. The summed E-state index contributed by atoms with van der Waals surface area (Å²) in [7, 11) is 0. The van der Waals surface area contributed by atoms with Crippen molar-refractivity contribution in [3.8, 4) is 16.9 Å². The highest BCUT2D eigenvalue weighted by molar-refractivity contribution is 6.35. The van der Waals surface area contributed by atoms with Crippen molar-refractivity contribution in [2.75, 3.05) is 13.1 Å². The van der Waals surface area contributed by atoms with Crippen LogP contribution in [0.25, 0.3) is 16.9 Å². The highest BCUT2D eigenvalue weighted by Crippen LogP contribution is 2.33. The molecule has 0 bridgehead atoms. The molecule has 156 valence electrons. The van der Waals surface area contributed by atoms with Gasteiger partial charge in [0.2, 0.25) is 0 Å². The summed E-state index contributed by atoms with van der Waals surface area (Å²) < 4.78 is 1.71. The Balaban J connectivity index is 1.85. The lowest BCUT2D eigenvalue weighted by molar-refractivity contribution is 0.0707. The Kier molecular flexibility index (Phi) is 6.07. The van der Waals surface area contributed by atoms with Crippen molar-refractivity contribution >= 4 is 40.7 Å². The Morgan fingerprint density at radius 1 is 1.03 bits per heavy atom. The van der Waals surface area contributed by atoms with E-state index >= 15 is 0 Å². The lowest BCUT2D eigenvalue weighted by atomic mass is 10.0. The maximum atomic E-state index is 13.3. The number of carbonyl (C=O) groups is 1. The van der Waals surface area contributed by atoms with Crippen LogP contribution in [0.3, 0.4) is 0 Å². The smallest absolute Gasteiger partial charge is 0.274 e. The highest BCUT2D eigenvalue weighted by atomic mass is 35.5. The lowest BCUT2D eigenvalue weighted by Crippen LogP contribution is -2.43. The quantitative estimate of drug-likeness (QED) is 0.568. The average molecular weight is 464 g/mol. The van der Waals surface area contributed by atoms with Gasteiger partial charge in [0.05, 0.1) is 16.4 Å². The third-order valence-corrected chi connectivity index (χ3v) is 6.20. The molecule has 1 aromatic heterocycles. The van der Waals surface area contributed by atoms with Gasteiger partial charge in [0.1, 0.15) is 0 Å². The first-order chi connectivity index (χ1) is 14.3. The lowest BCUT2D eigenvalue weighted by Gasteiger charge is -2.29. The van der Waals surface area contributed by atoms with E-state index in [1.54, 1.807) is 22.9 Å². The van der Waals surface area contributed by atoms with E-state index in [4.69, 9.17) is 45.6 Å². The van der Waals surface area contributed by atoms with Crippen molar-refractivity contribution in [2.24, 2.45) is 5.73 Å². The van der Waals surface area contributed by atoms with Gasteiger partial charge in [-0.05, 0) is 50.1 Å². The second-order valence-electron chi connectivity index (χ2n) is 7.47. The summed E-state index contributed by atoms with van der Waals surface area (Å²) in [5, 5.41) is 6.31. The number of piperidine rings is 1. The van der Waals surface area contributed by atoms with Gasteiger partial charge < -0.3 is 10.6 Å². The van der Waals surface area contributed by atoms with E-state index in [0.717, 1.165) is 29.7 Å². The first kappa shape index (κ1) is 21.2. The summed E-state index contributed by atoms with van der Waals surface area (Å²) in [5.41, 5.74) is 9.49. The van der Waals surface area contributed by atoms with Crippen LogP contribution in [0.2, 0.25) is 15.1 Å². The van der Waals surface area contributed by atoms with Gasteiger partial charge in [0.25, 0.3) is 5.91 Å². The van der Waals surface area contributed by atoms with Crippen LogP contribution in [0.1, 0.15) is 28.9 Å². The Morgan fingerprint density at radius 3 is 2.30 bits per heavy atom. The van der Waals surface area contributed by atoms with Crippen molar-refractivity contribution in [1.29, 1.82) is 0 Å². The van der Waals surface area contributed by atoms with E-state index in [2.05, 4.69) is 0 Å². The number of carbonyl (C=O) groups excluding carboxylic acids is 1. The zero-order valence-electron chi connectivity index (χ0n) is 16.4. The SMILES string of the molecule is Cc1c(C(=O)N2CCC(N)CC2)nn(-c2ccc(Cl)cc2Cl)c1-c1ccc(Cl)cc1. The second-order valence-corrected chi connectivity index (χ2v) is 8.75. The van der Waals surface area contributed by atoms with E-state index in [1.807, 2.05) is 36.1 Å². The Bertz CT molecular complexity index is 1090. The summed E-state index contributed by atoms with van der Waals surface area (Å²) in [5.74, 6) is -0.0987. The zero-order valence-corrected chi connectivity index (χ0v) is 18.7. The number of nitrogens with zero attached hydrogens (tertiary/aromatic N) is 3. The van der Waals surface area contributed by atoms with Crippen molar-refractivity contribution in [3.63, 3.8) is 0 Å². The number of nitrogens with two attached hydrogens (primary N) is 1. The van der Waals surface area contributed by atoms with Crippen LogP contribution < -0.4 is 5.73 Å². The molecule has 2 aromatic carbocycles. The Labute approximate surface area is 190 Å². The molecule has 8 heteroatoms. The fourth-order valence-electron chi connectivity index (χ4n) is 3.73. The maximum absolute atomic E-state index is 13.3. The van der Waals surface area contributed by atoms with Gasteiger partial charge in [-0.2, -0.15) is 5.10 Å². The van der Waals surface area contributed by atoms with Crippen molar-refractivity contribution in [1.82, 2.24) is 14.7 Å².